The third-order valence-electron chi connectivity index (χ3n) is 5.72. The highest BCUT2D eigenvalue weighted by molar-refractivity contribution is 5.84. The van der Waals surface area contributed by atoms with Gasteiger partial charge in [-0.25, -0.2) is 15.0 Å². The summed E-state index contributed by atoms with van der Waals surface area (Å²) in [5.41, 5.74) is 1.26. The molecule has 0 aliphatic heterocycles. The molecular formula is C23H33N5O2. The number of rotatable bonds is 7. The van der Waals surface area contributed by atoms with Crippen molar-refractivity contribution in [1.29, 1.82) is 0 Å². The summed E-state index contributed by atoms with van der Waals surface area (Å²) < 4.78 is 6.80. The summed E-state index contributed by atoms with van der Waals surface area (Å²) in [6, 6.07) is 0.290. The van der Waals surface area contributed by atoms with Crippen LogP contribution in [0, 0.1) is 23.7 Å². The molecule has 2 aromatic rings. The lowest BCUT2D eigenvalue weighted by molar-refractivity contribution is -0.143. The van der Waals surface area contributed by atoms with Gasteiger partial charge in [0.05, 0.1) is 12.9 Å². The third-order valence-corrected chi connectivity index (χ3v) is 5.72. The van der Waals surface area contributed by atoms with Gasteiger partial charge >= 0.3 is 5.97 Å². The Morgan fingerprint density at radius 1 is 1.30 bits per heavy atom. The maximum atomic E-state index is 12.0. The van der Waals surface area contributed by atoms with Gasteiger partial charge in [0.2, 0.25) is 5.82 Å². The molecule has 30 heavy (non-hydrogen) atoms. The fourth-order valence-corrected chi connectivity index (χ4v) is 3.98. The first-order chi connectivity index (χ1) is 14.5. The molecule has 7 heteroatoms. The first-order valence-corrected chi connectivity index (χ1v) is 11.2. The van der Waals surface area contributed by atoms with Gasteiger partial charge in [-0.05, 0) is 44.4 Å². The fourth-order valence-electron chi connectivity index (χ4n) is 3.98. The number of anilines is 1. The Morgan fingerprint density at radius 3 is 2.80 bits per heavy atom. The van der Waals surface area contributed by atoms with Crippen molar-refractivity contribution in [2.75, 3.05) is 11.9 Å². The van der Waals surface area contributed by atoms with Crippen LogP contribution >= 0.6 is 0 Å². The monoisotopic (exact) mass is 411 g/mol. The molecule has 0 radical (unpaired) electrons. The van der Waals surface area contributed by atoms with Crippen LogP contribution in [0.3, 0.4) is 0 Å². The molecule has 2 atom stereocenters. The van der Waals surface area contributed by atoms with Gasteiger partial charge < -0.3 is 14.6 Å². The Kier molecular flexibility index (Phi) is 7.67. The quantitative estimate of drug-likeness (QED) is 0.544. The molecule has 162 valence electrons. The molecule has 0 bridgehead atoms. The molecule has 1 N–H and O–H groups in total. The number of carbonyl (C=O) groups excluding carboxylic acids is 1. The molecule has 7 nitrogen and oxygen atoms in total. The Bertz CT molecular complexity index is 923. The molecule has 0 aromatic carbocycles. The summed E-state index contributed by atoms with van der Waals surface area (Å²) in [4.78, 5) is 25.8. The average Bonchev–Trinajstić information content (AvgIpc) is 3.13. The minimum Gasteiger partial charge on any atom is -0.465 e. The molecule has 0 spiro atoms. The number of ether oxygens (including phenoxy) is 1. The smallest absolute Gasteiger partial charge is 0.326 e. The van der Waals surface area contributed by atoms with E-state index < -0.39 is 0 Å². The summed E-state index contributed by atoms with van der Waals surface area (Å²) in [5.74, 6) is 8.55. The molecule has 0 saturated heterocycles. The van der Waals surface area contributed by atoms with Crippen molar-refractivity contribution in [3.05, 3.63) is 12.2 Å². The predicted octanol–water partition coefficient (Wildman–Crippen LogP) is 4.17. The van der Waals surface area contributed by atoms with E-state index in [2.05, 4.69) is 52.9 Å². The van der Waals surface area contributed by atoms with Crippen molar-refractivity contribution >= 4 is 23.0 Å². The number of aromatic nitrogens is 4. The lowest BCUT2D eigenvalue weighted by Crippen LogP contribution is -2.19. The average molecular weight is 412 g/mol. The van der Waals surface area contributed by atoms with Crippen LogP contribution in [0.4, 0.5) is 5.82 Å². The molecular weight excluding hydrogens is 378 g/mol. The summed E-state index contributed by atoms with van der Waals surface area (Å²) in [7, 11) is 0. The van der Waals surface area contributed by atoms with Crippen LogP contribution < -0.4 is 5.32 Å². The van der Waals surface area contributed by atoms with Crippen LogP contribution in [0.2, 0.25) is 0 Å². The highest BCUT2D eigenvalue weighted by atomic mass is 16.5. The Labute approximate surface area is 179 Å². The second-order valence-corrected chi connectivity index (χ2v) is 8.14. The topological polar surface area (TPSA) is 81.9 Å². The van der Waals surface area contributed by atoms with E-state index in [1.54, 1.807) is 17.8 Å². The fraction of sp³-hybridized carbons (Fsp3) is 0.652. The van der Waals surface area contributed by atoms with E-state index in [4.69, 9.17) is 4.74 Å². The highest BCUT2D eigenvalue weighted by Crippen LogP contribution is 2.28. The largest absolute Gasteiger partial charge is 0.465 e. The number of fused-ring (bicyclic) bond motifs is 1. The number of imidazole rings is 1. The van der Waals surface area contributed by atoms with Gasteiger partial charge in [-0.15, -0.1) is 0 Å². The summed E-state index contributed by atoms with van der Waals surface area (Å²) >= 11 is 0. The van der Waals surface area contributed by atoms with Crippen molar-refractivity contribution < 1.29 is 9.53 Å². The minimum absolute atomic E-state index is 0.0682. The van der Waals surface area contributed by atoms with Crippen molar-refractivity contribution in [3.8, 4) is 11.8 Å². The van der Waals surface area contributed by atoms with Gasteiger partial charge in [-0.1, -0.05) is 39.5 Å². The highest BCUT2D eigenvalue weighted by Gasteiger charge is 2.18. The zero-order valence-corrected chi connectivity index (χ0v) is 18.6. The van der Waals surface area contributed by atoms with Gasteiger partial charge in [-0.2, -0.15) is 0 Å². The molecule has 1 aliphatic carbocycles. The number of nitrogens with zero attached hydrogens (tertiary/aromatic N) is 4. The van der Waals surface area contributed by atoms with Gasteiger partial charge in [0.1, 0.15) is 6.54 Å². The van der Waals surface area contributed by atoms with E-state index in [1.165, 1.54) is 12.8 Å². The maximum Gasteiger partial charge on any atom is 0.326 e. The van der Waals surface area contributed by atoms with Crippen LogP contribution in [-0.4, -0.2) is 38.1 Å². The van der Waals surface area contributed by atoms with Gasteiger partial charge in [0, 0.05) is 12.0 Å². The third kappa shape index (κ3) is 5.50. The van der Waals surface area contributed by atoms with E-state index in [0.29, 0.717) is 41.4 Å². The first-order valence-electron chi connectivity index (χ1n) is 11.2. The number of nitrogens with one attached hydrogen (secondary N) is 1. The second kappa shape index (κ2) is 10.4. The zero-order valence-electron chi connectivity index (χ0n) is 18.6. The number of hydrogen-bond acceptors (Lipinski definition) is 6. The van der Waals surface area contributed by atoms with Gasteiger partial charge in [0.15, 0.2) is 17.0 Å². The standard InChI is InChI=1S/C23H33N5O2/c1-5-18(6-2)25-22-21-23(28(15-24-21)14-20(29)30-7-3)27-19(26-22)12-11-17-10-8-9-16(4)13-17/h15-18H,5-10,13-14H2,1-4H3,(H,25,26,27)/t16-,17?/m1/s1. The normalized spacial score (nSPS) is 18.8. The van der Waals surface area contributed by atoms with Crippen LogP contribution in [0.1, 0.15) is 72.0 Å². The number of carbonyl (C=O) groups is 1. The van der Waals surface area contributed by atoms with Gasteiger partial charge in [0.25, 0.3) is 0 Å². The van der Waals surface area contributed by atoms with E-state index in [1.807, 2.05) is 0 Å². The van der Waals surface area contributed by atoms with Crippen molar-refractivity contribution in [1.82, 2.24) is 19.5 Å². The van der Waals surface area contributed by atoms with Crippen molar-refractivity contribution in [3.63, 3.8) is 0 Å². The number of hydrogen-bond donors (Lipinski definition) is 1. The molecule has 1 fully saturated rings. The number of esters is 1. The molecule has 1 aliphatic rings. The van der Waals surface area contributed by atoms with Crippen LogP contribution in [-0.2, 0) is 16.1 Å². The first kappa shape index (κ1) is 22.1. The van der Waals surface area contributed by atoms with Crippen molar-refractivity contribution in [2.24, 2.45) is 11.8 Å². The molecule has 2 heterocycles. The van der Waals surface area contributed by atoms with E-state index >= 15 is 0 Å². The summed E-state index contributed by atoms with van der Waals surface area (Å²) in [6.45, 7) is 8.79. The SMILES string of the molecule is CCOC(=O)Cn1cnc2c(NC(CC)CC)nc(C#CC3CCC[C@@H](C)C3)nc21. The van der Waals surface area contributed by atoms with Crippen LogP contribution in [0.25, 0.3) is 11.2 Å². The summed E-state index contributed by atoms with van der Waals surface area (Å²) in [5, 5.41) is 3.49. The Balaban J connectivity index is 1.96. The Hall–Kier alpha value is -2.62. The lowest BCUT2D eigenvalue weighted by Gasteiger charge is -2.22. The molecule has 2 aromatic heterocycles. The summed E-state index contributed by atoms with van der Waals surface area (Å²) in [6.07, 6.45) is 8.37. The van der Waals surface area contributed by atoms with Gasteiger partial charge in [-0.3, -0.25) is 4.79 Å². The minimum atomic E-state index is -0.311. The van der Waals surface area contributed by atoms with E-state index in [0.717, 1.165) is 31.6 Å². The van der Waals surface area contributed by atoms with E-state index in [-0.39, 0.29) is 12.5 Å². The molecule has 0 amide bonds. The molecule has 3 rings (SSSR count). The molecule has 1 saturated carbocycles. The van der Waals surface area contributed by atoms with Crippen LogP contribution in [0.15, 0.2) is 6.33 Å². The van der Waals surface area contributed by atoms with Crippen molar-refractivity contribution in [2.45, 2.75) is 78.8 Å². The second-order valence-electron chi connectivity index (χ2n) is 8.14. The van der Waals surface area contributed by atoms with Crippen LogP contribution in [0.5, 0.6) is 0 Å². The van der Waals surface area contributed by atoms with E-state index in [9.17, 15) is 4.79 Å². The lowest BCUT2D eigenvalue weighted by atomic mass is 9.83. The maximum absolute atomic E-state index is 12.0. The molecule has 1 unspecified atom stereocenters. The Morgan fingerprint density at radius 2 is 2.10 bits per heavy atom. The predicted molar refractivity (Wildman–Crippen MR) is 118 cm³/mol. The zero-order chi connectivity index (χ0) is 21.5.